The summed E-state index contributed by atoms with van der Waals surface area (Å²) in [6, 6.07) is 20.0. The quantitative estimate of drug-likeness (QED) is 0.573. The molecular weight excluding hydrogens is 390 g/mol. The number of hydrogen-bond acceptors (Lipinski definition) is 3. The van der Waals surface area contributed by atoms with Gasteiger partial charge in [-0.05, 0) is 54.8 Å². The van der Waals surface area contributed by atoms with Gasteiger partial charge >= 0.3 is 6.03 Å². The zero-order valence-electron chi connectivity index (χ0n) is 18.1. The number of nitrogens with one attached hydrogen (secondary N) is 1. The lowest BCUT2D eigenvalue weighted by Gasteiger charge is -2.31. The number of fused-ring (bicyclic) bond motifs is 3. The number of aromatic nitrogens is 1. The smallest absolute Gasteiger partial charge is 0.318 e. The lowest BCUT2D eigenvalue weighted by atomic mass is 10.0. The molecule has 2 amide bonds. The number of methoxy groups -OCH3 is 1. The van der Waals surface area contributed by atoms with Crippen molar-refractivity contribution in [3.63, 3.8) is 0 Å². The average Bonchev–Trinajstić information content (AvgIpc) is 3.23. The van der Waals surface area contributed by atoms with Crippen molar-refractivity contribution < 1.29 is 14.3 Å². The van der Waals surface area contributed by atoms with Crippen LogP contribution in [0.5, 0.6) is 5.75 Å². The van der Waals surface area contributed by atoms with Gasteiger partial charge < -0.3 is 24.3 Å². The second kappa shape index (κ2) is 9.71. The summed E-state index contributed by atoms with van der Waals surface area (Å²) in [4.78, 5) is 15.3. The number of nitrogens with zero attached hydrogens (tertiary/aromatic N) is 2. The molecule has 2 aromatic carbocycles. The third kappa shape index (κ3) is 4.44. The summed E-state index contributed by atoms with van der Waals surface area (Å²) in [5.74, 6) is 0.794. The van der Waals surface area contributed by atoms with E-state index in [9.17, 15) is 4.79 Å². The molecule has 0 unspecified atom stereocenters. The molecule has 0 saturated carbocycles. The van der Waals surface area contributed by atoms with E-state index in [0.717, 1.165) is 34.7 Å². The van der Waals surface area contributed by atoms with Crippen LogP contribution in [0.4, 0.5) is 4.79 Å². The molecule has 3 aromatic rings. The fourth-order valence-electron chi connectivity index (χ4n) is 4.09. The Balaban J connectivity index is 1.70. The number of hydrogen-bond donors (Lipinski definition) is 1. The van der Waals surface area contributed by atoms with E-state index in [-0.39, 0.29) is 12.1 Å². The highest BCUT2D eigenvalue weighted by Crippen LogP contribution is 2.37. The highest BCUT2D eigenvalue weighted by atomic mass is 16.5. The monoisotopic (exact) mass is 419 g/mol. The Hall–Kier alpha value is -3.25. The van der Waals surface area contributed by atoms with Gasteiger partial charge in [-0.1, -0.05) is 30.3 Å². The Morgan fingerprint density at radius 2 is 1.90 bits per heavy atom. The van der Waals surface area contributed by atoms with Gasteiger partial charge in [0.1, 0.15) is 5.75 Å². The van der Waals surface area contributed by atoms with Crippen LogP contribution in [0.3, 0.4) is 0 Å². The van der Waals surface area contributed by atoms with Crippen LogP contribution in [0.25, 0.3) is 5.69 Å². The summed E-state index contributed by atoms with van der Waals surface area (Å²) < 4.78 is 12.9. The predicted molar refractivity (Wildman–Crippen MR) is 121 cm³/mol. The van der Waals surface area contributed by atoms with E-state index < -0.39 is 0 Å². The molecule has 0 bridgehead atoms. The molecule has 162 valence electrons. The van der Waals surface area contributed by atoms with Crippen LogP contribution in [0.15, 0.2) is 66.9 Å². The summed E-state index contributed by atoms with van der Waals surface area (Å²) in [6.07, 6.45) is 2.85. The minimum Gasteiger partial charge on any atom is -0.497 e. The van der Waals surface area contributed by atoms with Gasteiger partial charge in [0.25, 0.3) is 0 Å². The second-order valence-corrected chi connectivity index (χ2v) is 7.52. The average molecular weight is 420 g/mol. The molecule has 1 aromatic heterocycles. The maximum atomic E-state index is 13.4. The third-order valence-electron chi connectivity index (χ3n) is 5.60. The number of benzene rings is 2. The highest BCUT2D eigenvalue weighted by Gasteiger charge is 2.32. The summed E-state index contributed by atoms with van der Waals surface area (Å²) in [5, 5.41) is 3.09. The zero-order chi connectivity index (χ0) is 21.6. The van der Waals surface area contributed by atoms with Crippen molar-refractivity contribution in [1.29, 1.82) is 0 Å². The number of amides is 2. The van der Waals surface area contributed by atoms with Crippen LogP contribution >= 0.6 is 0 Å². The Morgan fingerprint density at radius 3 is 2.68 bits per heavy atom. The first-order valence-electron chi connectivity index (χ1n) is 10.7. The molecule has 0 spiro atoms. The van der Waals surface area contributed by atoms with E-state index in [0.29, 0.717) is 26.3 Å². The maximum Gasteiger partial charge on any atom is 0.318 e. The molecule has 2 heterocycles. The normalized spacial score (nSPS) is 15.0. The number of rotatable bonds is 7. The molecule has 1 N–H and O–H groups in total. The van der Waals surface area contributed by atoms with Crippen LogP contribution in [0.1, 0.15) is 36.2 Å². The van der Waals surface area contributed by atoms with Gasteiger partial charge in [-0.2, -0.15) is 0 Å². The van der Waals surface area contributed by atoms with Crippen molar-refractivity contribution in [2.24, 2.45) is 0 Å². The first-order valence-corrected chi connectivity index (χ1v) is 10.7. The van der Waals surface area contributed by atoms with Crippen molar-refractivity contribution in [3.8, 4) is 11.4 Å². The molecule has 0 fully saturated rings. The Labute approximate surface area is 183 Å². The molecule has 0 saturated heterocycles. The van der Waals surface area contributed by atoms with Crippen LogP contribution in [-0.4, -0.2) is 42.4 Å². The van der Waals surface area contributed by atoms with Gasteiger partial charge in [0.05, 0.1) is 25.4 Å². The van der Waals surface area contributed by atoms with Crippen molar-refractivity contribution in [3.05, 3.63) is 83.7 Å². The Morgan fingerprint density at radius 1 is 1.10 bits per heavy atom. The Bertz CT molecular complexity index is 1010. The molecule has 31 heavy (non-hydrogen) atoms. The van der Waals surface area contributed by atoms with Crippen molar-refractivity contribution in [2.75, 3.05) is 26.9 Å². The molecule has 6 nitrogen and oxygen atoms in total. The zero-order valence-corrected chi connectivity index (χ0v) is 18.1. The lowest BCUT2D eigenvalue weighted by Crippen LogP contribution is -2.42. The van der Waals surface area contributed by atoms with Gasteiger partial charge in [-0.25, -0.2) is 4.79 Å². The molecule has 4 rings (SSSR count). The first-order chi connectivity index (χ1) is 15.2. The van der Waals surface area contributed by atoms with Gasteiger partial charge in [0.15, 0.2) is 0 Å². The second-order valence-electron chi connectivity index (χ2n) is 7.52. The molecule has 0 aliphatic carbocycles. The molecule has 6 heteroatoms. The predicted octanol–water partition coefficient (Wildman–Crippen LogP) is 4.53. The standard InChI is InChI=1S/C25H29N3O3/c1-3-31-17-7-15-26-25(29)28-18-20-8-4-5-9-22(20)27-16-6-10-23(27)24(28)19-11-13-21(30-2)14-12-19/h4-6,8-14,16,24H,3,7,15,17-18H2,1-2H3,(H,26,29)/t24-/m1/s1. The SMILES string of the molecule is CCOCCCNC(=O)N1Cc2ccccc2-n2cccc2[C@H]1c1ccc(OC)cc1. The minimum absolute atomic E-state index is 0.0817. The Kier molecular flexibility index (Phi) is 6.57. The minimum atomic E-state index is -0.222. The fourth-order valence-corrected chi connectivity index (χ4v) is 4.09. The molecule has 1 aliphatic heterocycles. The van der Waals surface area contributed by atoms with E-state index in [4.69, 9.17) is 9.47 Å². The van der Waals surface area contributed by atoms with Crippen LogP contribution in [-0.2, 0) is 11.3 Å². The molecule has 1 atom stereocenters. The molecule has 0 radical (unpaired) electrons. The summed E-state index contributed by atoms with van der Waals surface area (Å²) in [6.45, 7) is 4.40. The van der Waals surface area contributed by atoms with Crippen molar-refractivity contribution in [2.45, 2.75) is 25.9 Å². The van der Waals surface area contributed by atoms with Crippen molar-refractivity contribution >= 4 is 6.03 Å². The summed E-state index contributed by atoms with van der Waals surface area (Å²) >= 11 is 0. The summed E-state index contributed by atoms with van der Waals surface area (Å²) in [7, 11) is 1.66. The lowest BCUT2D eigenvalue weighted by molar-refractivity contribution is 0.143. The van der Waals surface area contributed by atoms with Gasteiger partial charge in [0, 0.05) is 31.6 Å². The topological polar surface area (TPSA) is 55.7 Å². The van der Waals surface area contributed by atoms with Gasteiger partial charge in [-0.15, -0.1) is 0 Å². The van der Waals surface area contributed by atoms with Crippen molar-refractivity contribution in [1.82, 2.24) is 14.8 Å². The van der Waals surface area contributed by atoms with E-state index in [1.165, 1.54) is 0 Å². The van der Waals surface area contributed by atoms with E-state index in [2.05, 4.69) is 34.3 Å². The number of carbonyl (C=O) groups excluding carboxylic acids is 1. The third-order valence-corrected chi connectivity index (χ3v) is 5.60. The molecular formula is C25H29N3O3. The number of carbonyl (C=O) groups is 1. The summed E-state index contributed by atoms with van der Waals surface area (Å²) in [5.41, 5.74) is 4.31. The van der Waals surface area contributed by atoms with Crippen LogP contribution < -0.4 is 10.1 Å². The van der Waals surface area contributed by atoms with E-state index in [1.54, 1.807) is 7.11 Å². The first kappa shape index (κ1) is 21.0. The van der Waals surface area contributed by atoms with Gasteiger partial charge in [0.2, 0.25) is 0 Å². The van der Waals surface area contributed by atoms with E-state index >= 15 is 0 Å². The van der Waals surface area contributed by atoms with E-state index in [1.807, 2.05) is 54.3 Å². The highest BCUT2D eigenvalue weighted by molar-refractivity contribution is 5.76. The molecule has 1 aliphatic rings. The fraction of sp³-hybridized carbons (Fsp3) is 0.320. The van der Waals surface area contributed by atoms with Gasteiger partial charge in [-0.3, -0.25) is 0 Å². The number of urea groups is 1. The van der Waals surface area contributed by atoms with Crippen LogP contribution in [0, 0.1) is 0 Å². The number of ether oxygens (including phenoxy) is 2. The van der Waals surface area contributed by atoms with Crippen LogP contribution in [0.2, 0.25) is 0 Å². The largest absolute Gasteiger partial charge is 0.497 e. The number of para-hydroxylation sites is 1. The maximum absolute atomic E-state index is 13.4.